The first-order valence-corrected chi connectivity index (χ1v) is 11.0. The molecular formula is C26H27ClN2O4. The highest BCUT2D eigenvalue weighted by atomic mass is 35.5. The standard InChI is InChI=1S/C26H27ClN2O4/c1-32-20-12-13-24(33-2)19(16-20)14-15-28-25(30)17-23(18-8-4-3-5-9-18)29-26(31)21-10-6-7-11-22(21)27/h3-13,16,23H,14-15,17H2,1-2H3,(H,28,30)(H,29,31). The van der Waals surface area contributed by atoms with E-state index in [4.69, 9.17) is 21.1 Å². The van der Waals surface area contributed by atoms with E-state index in [1.165, 1.54) is 0 Å². The lowest BCUT2D eigenvalue weighted by Gasteiger charge is -2.19. The molecule has 1 atom stereocenters. The van der Waals surface area contributed by atoms with Crippen molar-refractivity contribution in [3.8, 4) is 11.5 Å². The lowest BCUT2D eigenvalue weighted by Crippen LogP contribution is -2.34. The summed E-state index contributed by atoms with van der Waals surface area (Å²) in [6.45, 7) is 0.419. The Morgan fingerprint density at radius 1 is 0.939 bits per heavy atom. The van der Waals surface area contributed by atoms with Crippen LogP contribution in [0.3, 0.4) is 0 Å². The highest BCUT2D eigenvalue weighted by Gasteiger charge is 2.20. The Hall–Kier alpha value is -3.51. The predicted octanol–water partition coefficient (Wildman–Crippen LogP) is 4.58. The molecule has 0 spiro atoms. The number of nitrogens with one attached hydrogen (secondary N) is 2. The number of carbonyl (C=O) groups excluding carboxylic acids is 2. The van der Waals surface area contributed by atoms with Crippen LogP contribution in [0.25, 0.3) is 0 Å². The van der Waals surface area contributed by atoms with Crippen molar-refractivity contribution in [2.24, 2.45) is 0 Å². The minimum absolute atomic E-state index is 0.0927. The highest BCUT2D eigenvalue weighted by Crippen LogP contribution is 2.24. The van der Waals surface area contributed by atoms with Crippen molar-refractivity contribution in [1.82, 2.24) is 10.6 Å². The van der Waals surface area contributed by atoms with E-state index in [1.807, 2.05) is 48.5 Å². The molecule has 7 heteroatoms. The first kappa shape index (κ1) is 24.1. The second-order valence-electron chi connectivity index (χ2n) is 7.40. The fourth-order valence-corrected chi connectivity index (χ4v) is 3.71. The van der Waals surface area contributed by atoms with Crippen molar-refractivity contribution in [3.05, 3.63) is 94.5 Å². The third-order valence-corrected chi connectivity index (χ3v) is 5.55. The fraction of sp³-hybridized carbons (Fsp3) is 0.231. The SMILES string of the molecule is COc1ccc(OC)c(CCNC(=O)CC(NC(=O)c2ccccc2Cl)c2ccccc2)c1. The number of amides is 2. The van der Waals surface area contributed by atoms with Crippen LogP contribution in [0.4, 0.5) is 0 Å². The summed E-state index contributed by atoms with van der Waals surface area (Å²) in [5.74, 6) is 0.955. The molecule has 6 nitrogen and oxygen atoms in total. The minimum atomic E-state index is -0.499. The van der Waals surface area contributed by atoms with Gasteiger partial charge in [0.2, 0.25) is 5.91 Å². The monoisotopic (exact) mass is 466 g/mol. The van der Waals surface area contributed by atoms with Crippen molar-refractivity contribution in [2.45, 2.75) is 18.9 Å². The first-order chi connectivity index (χ1) is 16.0. The van der Waals surface area contributed by atoms with Crippen LogP contribution in [0.5, 0.6) is 11.5 Å². The van der Waals surface area contributed by atoms with Crippen LogP contribution < -0.4 is 20.1 Å². The van der Waals surface area contributed by atoms with Gasteiger partial charge in [-0.15, -0.1) is 0 Å². The zero-order valence-electron chi connectivity index (χ0n) is 18.6. The van der Waals surface area contributed by atoms with Gasteiger partial charge >= 0.3 is 0 Å². The van der Waals surface area contributed by atoms with Gasteiger partial charge in [-0.25, -0.2) is 0 Å². The number of rotatable bonds is 10. The van der Waals surface area contributed by atoms with E-state index in [0.717, 1.165) is 22.6 Å². The zero-order chi connectivity index (χ0) is 23.6. The number of ether oxygens (including phenoxy) is 2. The zero-order valence-corrected chi connectivity index (χ0v) is 19.4. The summed E-state index contributed by atoms with van der Waals surface area (Å²) >= 11 is 6.17. The van der Waals surface area contributed by atoms with Gasteiger partial charge < -0.3 is 20.1 Å². The molecular weight excluding hydrogens is 440 g/mol. The van der Waals surface area contributed by atoms with Gasteiger partial charge in [-0.3, -0.25) is 9.59 Å². The topological polar surface area (TPSA) is 76.7 Å². The normalized spacial score (nSPS) is 11.4. The van der Waals surface area contributed by atoms with Crippen LogP contribution in [0, 0.1) is 0 Å². The van der Waals surface area contributed by atoms with Gasteiger partial charge in [0.25, 0.3) is 5.91 Å². The second-order valence-corrected chi connectivity index (χ2v) is 7.81. The molecule has 2 N–H and O–H groups in total. The molecule has 1 unspecified atom stereocenters. The van der Waals surface area contributed by atoms with Crippen LogP contribution in [0.2, 0.25) is 5.02 Å². The molecule has 0 radical (unpaired) electrons. The van der Waals surface area contributed by atoms with E-state index in [2.05, 4.69) is 10.6 Å². The number of methoxy groups -OCH3 is 2. The Labute approximate surface area is 198 Å². The summed E-state index contributed by atoms with van der Waals surface area (Å²) in [7, 11) is 3.21. The molecule has 3 aromatic carbocycles. The van der Waals surface area contributed by atoms with Gasteiger partial charge in [0.1, 0.15) is 11.5 Å². The summed E-state index contributed by atoms with van der Waals surface area (Å²) in [4.78, 5) is 25.5. The Morgan fingerprint density at radius 2 is 1.67 bits per heavy atom. The Kier molecular flexibility index (Phi) is 8.72. The fourth-order valence-electron chi connectivity index (χ4n) is 3.49. The number of hydrogen-bond acceptors (Lipinski definition) is 4. The average Bonchev–Trinajstić information content (AvgIpc) is 2.84. The first-order valence-electron chi connectivity index (χ1n) is 10.6. The molecule has 0 aliphatic carbocycles. The van der Waals surface area contributed by atoms with Gasteiger partial charge in [-0.1, -0.05) is 54.1 Å². The number of carbonyl (C=O) groups is 2. The van der Waals surface area contributed by atoms with E-state index < -0.39 is 6.04 Å². The molecule has 0 saturated carbocycles. The third-order valence-electron chi connectivity index (χ3n) is 5.22. The third kappa shape index (κ3) is 6.73. The molecule has 0 aliphatic rings. The Morgan fingerprint density at radius 3 is 2.36 bits per heavy atom. The van der Waals surface area contributed by atoms with Crippen LogP contribution in [-0.4, -0.2) is 32.6 Å². The van der Waals surface area contributed by atoms with Crippen molar-refractivity contribution in [2.75, 3.05) is 20.8 Å². The smallest absolute Gasteiger partial charge is 0.253 e. The highest BCUT2D eigenvalue weighted by molar-refractivity contribution is 6.33. The predicted molar refractivity (Wildman–Crippen MR) is 129 cm³/mol. The van der Waals surface area contributed by atoms with Crippen molar-refractivity contribution in [1.29, 1.82) is 0 Å². The molecule has 0 heterocycles. The summed E-state index contributed by atoms with van der Waals surface area (Å²) in [5, 5.41) is 6.23. The van der Waals surface area contributed by atoms with Gasteiger partial charge in [0.05, 0.1) is 37.3 Å². The molecule has 3 rings (SSSR count). The molecule has 3 aromatic rings. The number of hydrogen-bond donors (Lipinski definition) is 2. The van der Waals surface area contributed by atoms with E-state index in [9.17, 15) is 9.59 Å². The molecule has 0 saturated heterocycles. The average molecular weight is 467 g/mol. The summed E-state index contributed by atoms with van der Waals surface area (Å²) < 4.78 is 10.7. The molecule has 172 valence electrons. The molecule has 0 fully saturated rings. The molecule has 0 bridgehead atoms. The molecule has 2 amide bonds. The Bertz CT molecular complexity index is 1090. The maximum absolute atomic E-state index is 12.8. The van der Waals surface area contributed by atoms with Gasteiger partial charge in [-0.2, -0.15) is 0 Å². The minimum Gasteiger partial charge on any atom is -0.497 e. The lowest BCUT2D eigenvalue weighted by atomic mass is 10.0. The molecule has 0 aromatic heterocycles. The van der Waals surface area contributed by atoms with Crippen LogP contribution >= 0.6 is 11.6 Å². The number of halogens is 1. The Balaban J connectivity index is 1.65. The van der Waals surface area contributed by atoms with Gasteiger partial charge in [0, 0.05) is 6.54 Å². The summed E-state index contributed by atoms with van der Waals surface area (Å²) in [6, 6.07) is 21.3. The van der Waals surface area contributed by atoms with Crippen LogP contribution in [-0.2, 0) is 11.2 Å². The second kappa shape index (κ2) is 11.9. The summed E-state index contributed by atoms with van der Waals surface area (Å²) in [5.41, 5.74) is 2.14. The van der Waals surface area contributed by atoms with Crippen molar-refractivity contribution >= 4 is 23.4 Å². The van der Waals surface area contributed by atoms with E-state index in [-0.39, 0.29) is 18.2 Å². The van der Waals surface area contributed by atoms with E-state index >= 15 is 0 Å². The van der Waals surface area contributed by atoms with Crippen LogP contribution in [0.15, 0.2) is 72.8 Å². The van der Waals surface area contributed by atoms with Gasteiger partial charge in [-0.05, 0) is 47.9 Å². The van der Waals surface area contributed by atoms with Gasteiger partial charge in [0.15, 0.2) is 0 Å². The quantitative estimate of drug-likeness (QED) is 0.458. The number of benzene rings is 3. The molecule has 0 aliphatic heterocycles. The van der Waals surface area contributed by atoms with Crippen molar-refractivity contribution < 1.29 is 19.1 Å². The largest absolute Gasteiger partial charge is 0.497 e. The van der Waals surface area contributed by atoms with Crippen molar-refractivity contribution in [3.63, 3.8) is 0 Å². The maximum atomic E-state index is 12.8. The molecule has 33 heavy (non-hydrogen) atoms. The van der Waals surface area contributed by atoms with Crippen LogP contribution in [0.1, 0.15) is 33.9 Å². The lowest BCUT2D eigenvalue weighted by molar-refractivity contribution is -0.121. The van der Waals surface area contributed by atoms with E-state index in [1.54, 1.807) is 38.5 Å². The van der Waals surface area contributed by atoms with E-state index in [0.29, 0.717) is 23.6 Å². The maximum Gasteiger partial charge on any atom is 0.253 e. The summed E-state index contributed by atoms with van der Waals surface area (Å²) in [6.07, 6.45) is 0.670.